The zero-order valence-corrected chi connectivity index (χ0v) is 13.7. The summed E-state index contributed by atoms with van der Waals surface area (Å²) >= 11 is 0. The molecule has 1 fully saturated rings. The molecule has 3 atom stereocenters. The van der Waals surface area contributed by atoms with Crippen molar-refractivity contribution in [3.63, 3.8) is 0 Å². The van der Waals surface area contributed by atoms with Crippen molar-refractivity contribution in [2.45, 2.75) is 64.2 Å². The molecule has 0 N–H and O–H groups in total. The number of carbonyl (C=O) groups is 1. The van der Waals surface area contributed by atoms with Crippen LogP contribution in [-0.4, -0.2) is 46.2 Å². The van der Waals surface area contributed by atoms with Gasteiger partial charge in [0, 0.05) is 45.4 Å². The zero-order valence-electron chi connectivity index (χ0n) is 13.7. The second-order valence-electron chi connectivity index (χ2n) is 6.86. The van der Waals surface area contributed by atoms with Crippen LogP contribution in [-0.2, 0) is 22.5 Å². The molecule has 2 aliphatic heterocycles. The Balaban J connectivity index is 1.42. The second kappa shape index (κ2) is 6.82. The van der Waals surface area contributed by atoms with Crippen LogP contribution < -0.4 is 0 Å². The number of aromatic nitrogens is 2. The first kappa shape index (κ1) is 15.5. The van der Waals surface area contributed by atoms with Gasteiger partial charge in [-0.2, -0.15) is 0 Å². The monoisotopic (exact) mass is 305 g/mol. The lowest BCUT2D eigenvalue weighted by Crippen LogP contribution is -2.35. The summed E-state index contributed by atoms with van der Waals surface area (Å²) in [6.45, 7) is 3.94. The molecule has 0 radical (unpaired) electrons. The Morgan fingerprint density at radius 2 is 2.32 bits per heavy atom. The van der Waals surface area contributed by atoms with E-state index in [2.05, 4.69) is 16.5 Å². The molecule has 5 nitrogen and oxygen atoms in total. The van der Waals surface area contributed by atoms with Crippen LogP contribution in [0.25, 0.3) is 0 Å². The molecule has 2 aliphatic rings. The molecule has 0 spiro atoms. The minimum atomic E-state index is 0.250. The van der Waals surface area contributed by atoms with E-state index in [1.165, 1.54) is 5.82 Å². The minimum absolute atomic E-state index is 0.250. The van der Waals surface area contributed by atoms with Crippen molar-refractivity contribution in [3.05, 3.63) is 18.2 Å². The first-order valence-corrected chi connectivity index (χ1v) is 8.51. The lowest BCUT2D eigenvalue weighted by molar-refractivity contribution is -0.131. The van der Waals surface area contributed by atoms with E-state index in [4.69, 9.17) is 4.74 Å². The van der Waals surface area contributed by atoms with Gasteiger partial charge in [-0.05, 0) is 38.5 Å². The van der Waals surface area contributed by atoms with Crippen LogP contribution in [0.3, 0.4) is 0 Å². The Bertz CT molecular complexity index is 514. The number of rotatable bonds is 5. The normalized spacial score (nSPS) is 27.6. The van der Waals surface area contributed by atoms with E-state index in [9.17, 15) is 4.79 Å². The van der Waals surface area contributed by atoms with Gasteiger partial charge < -0.3 is 14.2 Å². The van der Waals surface area contributed by atoms with Crippen LogP contribution in [0.2, 0.25) is 0 Å². The summed E-state index contributed by atoms with van der Waals surface area (Å²) < 4.78 is 8.01. The van der Waals surface area contributed by atoms with E-state index in [-0.39, 0.29) is 12.0 Å². The third-order valence-corrected chi connectivity index (χ3v) is 4.99. The van der Waals surface area contributed by atoms with Gasteiger partial charge in [0.15, 0.2) is 0 Å². The number of hydrogen-bond donors (Lipinski definition) is 0. The van der Waals surface area contributed by atoms with Gasteiger partial charge in [-0.25, -0.2) is 4.98 Å². The van der Waals surface area contributed by atoms with Crippen LogP contribution >= 0.6 is 0 Å². The van der Waals surface area contributed by atoms with Gasteiger partial charge in [0.25, 0.3) is 0 Å². The van der Waals surface area contributed by atoms with Crippen molar-refractivity contribution in [3.8, 4) is 0 Å². The fourth-order valence-electron chi connectivity index (χ4n) is 3.65. The van der Waals surface area contributed by atoms with Crippen LogP contribution in [0, 0.1) is 5.92 Å². The fraction of sp³-hybridized carbons (Fsp3) is 0.765. The van der Waals surface area contributed by atoms with Crippen molar-refractivity contribution in [1.82, 2.24) is 14.5 Å². The number of carbonyl (C=O) groups excluding carboxylic acids is 1. The predicted octanol–water partition coefficient (Wildman–Crippen LogP) is 2.25. The number of aryl methyl sites for hydroxylation is 1. The quantitative estimate of drug-likeness (QED) is 0.838. The molecule has 1 aromatic heterocycles. The van der Waals surface area contributed by atoms with Crippen LogP contribution in [0.5, 0.6) is 0 Å². The smallest absolute Gasteiger partial charge is 0.222 e. The second-order valence-corrected chi connectivity index (χ2v) is 6.86. The van der Waals surface area contributed by atoms with E-state index < -0.39 is 0 Å². The van der Waals surface area contributed by atoms with Crippen LogP contribution in [0.1, 0.15) is 44.9 Å². The molecule has 5 heteroatoms. The molecular formula is C17H27N3O2. The van der Waals surface area contributed by atoms with Crippen LogP contribution in [0.4, 0.5) is 0 Å². The Labute approximate surface area is 132 Å². The van der Waals surface area contributed by atoms with Gasteiger partial charge >= 0.3 is 0 Å². The van der Waals surface area contributed by atoms with Crippen molar-refractivity contribution in [2.75, 3.05) is 13.6 Å². The Kier molecular flexibility index (Phi) is 4.81. The number of amides is 1. The molecule has 0 aliphatic carbocycles. The van der Waals surface area contributed by atoms with Crippen molar-refractivity contribution in [1.29, 1.82) is 0 Å². The lowest BCUT2D eigenvalue weighted by Gasteiger charge is -2.28. The molecule has 1 aromatic rings. The van der Waals surface area contributed by atoms with Crippen LogP contribution in [0.15, 0.2) is 12.4 Å². The first-order chi connectivity index (χ1) is 10.6. The van der Waals surface area contributed by atoms with E-state index >= 15 is 0 Å². The maximum absolute atomic E-state index is 12.3. The summed E-state index contributed by atoms with van der Waals surface area (Å²) in [5, 5.41) is 0. The van der Waals surface area contributed by atoms with Crippen molar-refractivity contribution >= 4 is 5.91 Å². The predicted molar refractivity (Wildman–Crippen MR) is 84.5 cm³/mol. The molecule has 0 bridgehead atoms. The first-order valence-electron chi connectivity index (χ1n) is 8.51. The highest BCUT2D eigenvalue weighted by molar-refractivity contribution is 5.75. The lowest BCUT2D eigenvalue weighted by atomic mass is 9.98. The third-order valence-electron chi connectivity index (χ3n) is 4.99. The SMILES string of the molecule is C[C@@H]1CC[C@H](CCC(=O)N(C)C[C@H]2CCc3nccn3C2)O1. The molecule has 3 heterocycles. The fourth-order valence-corrected chi connectivity index (χ4v) is 3.65. The summed E-state index contributed by atoms with van der Waals surface area (Å²) in [6, 6.07) is 0. The summed E-state index contributed by atoms with van der Waals surface area (Å²) in [5.74, 6) is 1.97. The zero-order chi connectivity index (χ0) is 15.5. The van der Waals surface area contributed by atoms with Crippen molar-refractivity contribution in [2.24, 2.45) is 5.92 Å². The van der Waals surface area contributed by atoms with Gasteiger partial charge in [0.2, 0.25) is 5.91 Å². The van der Waals surface area contributed by atoms with Gasteiger partial charge in [-0.15, -0.1) is 0 Å². The molecule has 0 unspecified atom stereocenters. The topological polar surface area (TPSA) is 47.4 Å². The molecule has 1 saturated heterocycles. The maximum atomic E-state index is 12.3. The van der Waals surface area contributed by atoms with E-state index in [0.717, 1.165) is 45.2 Å². The largest absolute Gasteiger partial charge is 0.375 e. The Hall–Kier alpha value is -1.36. The molecule has 0 aromatic carbocycles. The number of nitrogens with zero attached hydrogens (tertiary/aromatic N) is 3. The molecule has 22 heavy (non-hydrogen) atoms. The molecule has 0 saturated carbocycles. The van der Waals surface area contributed by atoms with Gasteiger partial charge in [-0.1, -0.05) is 0 Å². The van der Waals surface area contributed by atoms with Gasteiger partial charge in [-0.3, -0.25) is 4.79 Å². The summed E-state index contributed by atoms with van der Waals surface area (Å²) in [4.78, 5) is 18.6. The molecule has 122 valence electrons. The maximum Gasteiger partial charge on any atom is 0.222 e. The summed E-state index contributed by atoms with van der Waals surface area (Å²) in [5.41, 5.74) is 0. The molecule has 3 rings (SSSR count). The number of hydrogen-bond acceptors (Lipinski definition) is 3. The Morgan fingerprint density at radius 3 is 3.09 bits per heavy atom. The molecular weight excluding hydrogens is 278 g/mol. The average molecular weight is 305 g/mol. The summed E-state index contributed by atoms with van der Waals surface area (Å²) in [6.07, 6.45) is 10.4. The third kappa shape index (κ3) is 3.69. The number of fused-ring (bicyclic) bond motifs is 1. The minimum Gasteiger partial charge on any atom is -0.375 e. The van der Waals surface area contributed by atoms with E-state index in [0.29, 0.717) is 18.4 Å². The summed E-state index contributed by atoms with van der Waals surface area (Å²) in [7, 11) is 1.93. The highest BCUT2D eigenvalue weighted by Crippen LogP contribution is 2.23. The standard InChI is InChI=1S/C17H27N3O2/c1-13-3-5-15(22-13)6-8-17(21)19(2)11-14-4-7-16-18-9-10-20(16)12-14/h9-10,13-15H,3-8,11-12H2,1-2H3/t13-,14-,15-/m1/s1. The number of imidazole rings is 1. The van der Waals surface area contributed by atoms with E-state index in [1.807, 2.05) is 24.3 Å². The highest BCUT2D eigenvalue weighted by atomic mass is 16.5. The highest BCUT2D eigenvalue weighted by Gasteiger charge is 2.24. The van der Waals surface area contributed by atoms with Gasteiger partial charge in [0.1, 0.15) is 5.82 Å². The molecule has 1 amide bonds. The van der Waals surface area contributed by atoms with Gasteiger partial charge in [0.05, 0.1) is 12.2 Å². The van der Waals surface area contributed by atoms with E-state index in [1.54, 1.807) is 0 Å². The van der Waals surface area contributed by atoms with Crippen molar-refractivity contribution < 1.29 is 9.53 Å². The number of ether oxygens (including phenoxy) is 1. The average Bonchev–Trinajstić information content (AvgIpc) is 3.12. The Morgan fingerprint density at radius 1 is 1.45 bits per heavy atom.